The summed E-state index contributed by atoms with van der Waals surface area (Å²) in [7, 11) is 0. The standard InChI is InChI=1S/C18H33NO3/c1-16(2,3)22-15(21)18(10-6-7-11-18)12-19-13-8-9-14(20)17(13,4)5/h13-14,19-20H,6-12H2,1-5H3. The predicted molar refractivity (Wildman–Crippen MR) is 87.6 cm³/mol. The first kappa shape index (κ1) is 17.7. The Kier molecular flexibility index (Phi) is 4.94. The Morgan fingerprint density at radius 2 is 1.82 bits per heavy atom. The number of ether oxygens (including phenoxy) is 1. The van der Waals surface area contributed by atoms with Crippen molar-refractivity contribution in [1.82, 2.24) is 5.32 Å². The molecule has 0 saturated heterocycles. The van der Waals surface area contributed by atoms with Crippen molar-refractivity contribution >= 4 is 5.97 Å². The number of esters is 1. The van der Waals surface area contributed by atoms with Crippen molar-refractivity contribution in [3.05, 3.63) is 0 Å². The van der Waals surface area contributed by atoms with Crippen molar-refractivity contribution in [2.45, 2.75) is 90.9 Å². The van der Waals surface area contributed by atoms with E-state index >= 15 is 0 Å². The number of aliphatic hydroxyl groups excluding tert-OH is 1. The fourth-order valence-electron chi connectivity index (χ4n) is 3.88. The largest absolute Gasteiger partial charge is 0.460 e. The van der Waals surface area contributed by atoms with Crippen LogP contribution in [0.3, 0.4) is 0 Å². The van der Waals surface area contributed by atoms with Gasteiger partial charge in [0.25, 0.3) is 0 Å². The molecule has 2 fully saturated rings. The highest BCUT2D eigenvalue weighted by molar-refractivity contribution is 5.78. The van der Waals surface area contributed by atoms with Gasteiger partial charge in [-0.1, -0.05) is 26.7 Å². The first-order valence-electron chi connectivity index (χ1n) is 8.72. The molecule has 2 rings (SSSR count). The quantitative estimate of drug-likeness (QED) is 0.784. The average Bonchev–Trinajstić information content (AvgIpc) is 2.94. The minimum absolute atomic E-state index is 0.0543. The Balaban J connectivity index is 2.02. The van der Waals surface area contributed by atoms with Gasteiger partial charge in [0, 0.05) is 18.0 Å². The summed E-state index contributed by atoms with van der Waals surface area (Å²) >= 11 is 0. The summed E-state index contributed by atoms with van der Waals surface area (Å²) in [6, 6.07) is 0.266. The third kappa shape index (κ3) is 3.65. The maximum absolute atomic E-state index is 12.7. The highest BCUT2D eigenvalue weighted by Gasteiger charge is 2.47. The lowest BCUT2D eigenvalue weighted by atomic mass is 9.82. The molecule has 0 heterocycles. The van der Waals surface area contributed by atoms with E-state index in [0.29, 0.717) is 6.54 Å². The van der Waals surface area contributed by atoms with Crippen LogP contribution in [-0.2, 0) is 9.53 Å². The van der Waals surface area contributed by atoms with E-state index in [1.54, 1.807) is 0 Å². The molecule has 2 aliphatic carbocycles. The number of hydrogen-bond acceptors (Lipinski definition) is 4. The Bertz CT molecular complexity index is 405. The van der Waals surface area contributed by atoms with Gasteiger partial charge in [-0.15, -0.1) is 0 Å². The molecule has 0 bridgehead atoms. The van der Waals surface area contributed by atoms with Crippen LogP contribution in [0.25, 0.3) is 0 Å². The van der Waals surface area contributed by atoms with Crippen LogP contribution in [0, 0.1) is 10.8 Å². The molecule has 2 unspecified atom stereocenters. The Labute approximate surface area is 135 Å². The van der Waals surface area contributed by atoms with Crippen molar-refractivity contribution in [1.29, 1.82) is 0 Å². The van der Waals surface area contributed by atoms with Crippen LogP contribution in [-0.4, -0.2) is 35.4 Å². The highest BCUT2D eigenvalue weighted by atomic mass is 16.6. The third-order valence-electron chi connectivity index (χ3n) is 5.57. The molecule has 0 spiro atoms. The number of hydrogen-bond donors (Lipinski definition) is 2. The van der Waals surface area contributed by atoms with Crippen LogP contribution in [0.15, 0.2) is 0 Å². The van der Waals surface area contributed by atoms with E-state index in [9.17, 15) is 9.90 Å². The summed E-state index contributed by atoms with van der Waals surface area (Å²) in [5.74, 6) is -0.0543. The SMILES string of the molecule is CC(C)(C)OC(=O)C1(CNC2CCC(O)C2(C)C)CCCC1. The third-order valence-corrected chi connectivity index (χ3v) is 5.57. The summed E-state index contributed by atoms with van der Waals surface area (Å²) in [6.45, 7) is 10.7. The molecule has 0 aliphatic heterocycles. The Morgan fingerprint density at radius 3 is 2.27 bits per heavy atom. The number of rotatable bonds is 4. The van der Waals surface area contributed by atoms with E-state index in [4.69, 9.17) is 4.74 Å². The van der Waals surface area contributed by atoms with Gasteiger partial charge in [-0.2, -0.15) is 0 Å². The molecule has 0 aromatic rings. The molecular formula is C18H33NO3. The lowest BCUT2D eigenvalue weighted by molar-refractivity contribution is -0.167. The first-order valence-corrected chi connectivity index (χ1v) is 8.72. The zero-order valence-electron chi connectivity index (χ0n) is 14.9. The van der Waals surface area contributed by atoms with E-state index in [1.165, 1.54) is 0 Å². The van der Waals surface area contributed by atoms with Gasteiger partial charge in [0.15, 0.2) is 0 Å². The number of nitrogens with one attached hydrogen (secondary N) is 1. The molecule has 128 valence electrons. The summed E-state index contributed by atoms with van der Waals surface area (Å²) in [6.07, 6.45) is 5.55. The van der Waals surface area contributed by atoms with Crippen LogP contribution in [0.4, 0.5) is 0 Å². The molecule has 0 aromatic carbocycles. The van der Waals surface area contributed by atoms with E-state index < -0.39 is 5.60 Å². The second kappa shape index (κ2) is 6.12. The fraction of sp³-hybridized carbons (Fsp3) is 0.944. The molecular weight excluding hydrogens is 278 g/mol. The van der Waals surface area contributed by atoms with Gasteiger partial charge in [0.05, 0.1) is 11.5 Å². The second-order valence-corrected chi connectivity index (χ2v) is 8.84. The van der Waals surface area contributed by atoms with Crippen LogP contribution >= 0.6 is 0 Å². The first-order chi connectivity index (χ1) is 10.1. The smallest absolute Gasteiger partial charge is 0.313 e. The molecule has 2 N–H and O–H groups in total. The van der Waals surface area contributed by atoms with Crippen molar-refractivity contribution in [3.8, 4) is 0 Å². The van der Waals surface area contributed by atoms with E-state index in [1.807, 2.05) is 20.8 Å². The van der Waals surface area contributed by atoms with Gasteiger partial charge in [-0.25, -0.2) is 0 Å². The molecule has 0 aromatic heterocycles. The molecule has 2 saturated carbocycles. The average molecular weight is 311 g/mol. The van der Waals surface area contributed by atoms with E-state index in [-0.39, 0.29) is 28.9 Å². The topological polar surface area (TPSA) is 58.6 Å². The van der Waals surface area contributed by atoms with E-state index in [2.05, 4.69) is 19.2 Å². The summed E-state index contributed by atoms with van der Waals surface area (Å²) in [5, 5.41) is 13.7. The Hall–Kier alpha value is -0.610. The molecule has 2 atom stereocenters. The lowest BCUT2D eigenvalue weighted by Crippen LogP contribution is -2.49. The van der Waals surface area contributed by atoms with Gasteiger partial charge < -0.3 is 15.2 Å². The van der Waals surface area contributed by atoms with E-state index in [0.717, 1.165) is 38.5 Å². The summed E-state index contributed by atoms with van der Waals surface area (Å²) in [5.41, 5.74) is -0.944. The number of carbonyl (C=O) groups is 1. The minimum Gasteiger partial charge on any atom is -0.460 e. The zero-order valence-corrected chi connectivity index (χ0v) is 14.9. The number of carbonyl (C=O) groups excluding carboxylic acids is 1. The van der Waals surface area contributed by atoms with Crippen molar-refractivity contribution < 1.29 is 14.6 Å². The van der Waals surface area contributed by atoms with Gasteiger partial charge in [0.1, 0.15) is 5.60 Å². The number of aliphatic hydroxyl groups is 1. The summed E-state index contributed by atoms with van der Waals surface area (Å²) < 4.78 is 5.68. The molecule has 0 amide bonds. The van der Waals surface area contributed by atoms with Crippen molar-refractivity contribution in [2.24, 2.45) is 10.8 Å². The van der Waals surface area contributed by atoms with Gasteiger partial charge >= 0.3 is 5.97 Å². The highest BCUT2D eigenvalue weighted by Crippen LogP contribution is 2.42. The van der Waals surface area contributed by atoms with Gasteiger partial charge in [-0.3, -0.25) is 4.79 Å². The van der Waals surface area contributed by atoms with Crippen LogP contribution < -0.4 is 5.32 Å². The van der Waals surface area contributed by atoms with Crippen LogP contribution in [0.1, 0.15) is 73.1 Å². The van der Waals surface area contributed by atoms with Crippen LogP contribution in [0.5, 0.6) is 0 Å². The molecule has 2 aliphatic rings. The molecule has 22 heavy (non-hydrogen) atoms. The minimum atomic E-state index is -0.435. The van der Waals surface area contributed by atoms with Crippen LogP contribution in [0.2, 0.25) is 0 Å². The monoisotopic (exact) mass is 311 g/mol. The molecule has 0 radical (unpaired) electrons. The van der Waals surface area contributed by atoms with Crippen molar-refractivity contribution in [3.63, 3.8) is 0 Å². The predicted octanol–water partition coefficient (Wildman–Crippen LogP) is 3.03. The second-order valence-electron chi connectivity index (χ2n) is 8.84. The fourth-order valence-corrected chi connectivity index (χ4v) is 3.88. The molecule has 4 heteroatoms. The lowest BCUT2D eigenvalue weighted by Gasteiger charge is -2.36. The molecule has 4 nitrogen and oxygen atoms in total. The normalized spacial score (nSPS) is 30.5. The van der Waals surface area contributed by atoms with Gasteiger partial charge in [-0.05, 0) is 46.5 Å². The maximum atomic E-state index is 12.7. The van der Waals surface area contributed by atoms with Gasteiger partial charge in [0.2, 0.25) is 0 Å². The maximum Gasteiger partial charge on any atom is 0.313 e. The Morgan fingerprint density at radius 1 is 1.23 bits per heavy atom. The summed E-state index contributed by atoms with van der Waals surface area (Å²) in [4.78, 5) is 12.7. The van der Waals surface area contributed by atoms with Crippen molar-refractivity contribution in [2.75, 3.05) is 6.54 Å². The zero-order chi connectivity index (χ0) is 16.6.